The maximum Gasteiger partial charge on any atom is 0.0840 e. The molecule has 0 amide bonds. The number of quaternary nitrogens is 4. The largest absolute Gasteiger partial charge is 1.00 e. The number of halogens is 4. The van der Waals surface area contributed by atoms with E-state index in [0.717, 1.165) is 13.4 Å². The van der Waals surface area contributed by atoms with Crippen molar-refractivity contribution in [2.45, 2.75) is 99.9 Å². The van der Waals surface area contributed by atoms with Crippen LogP contribution in [0.1, 0.15) is 99.9 Å². The molecule has 0 radical (unpaired) electrons. The number of nitrogens with zero attached hydrogens (tertiary/aromatic N) is 4. The lowest BCUT2D eigenvalue weighted by molar-refractivity contribution is -0.929. The van der Waals surface area contributed by atoms with E-state index in [1.54, 1.807) is 0 Å². The zero-order valence-electron chi connectivity index (χ0n) is 22.4. The van der Waals surface area contributed by atoms with Crippen molar-refractivity contribution < 1.29 is 76.7 Å². The van der Waals surface area contributed by atoms with E-state index in [-0.39, 0.29) is 118 Å². The summed E-state index contributed by atoms with van der Waals surface area (Å²) in [6.45, 7) is 19.5. The second-order valence-corrected chi connectivity index (χ2v) is 10.7. The smallest absolute Gasteiger partial charge is 0.0840 e. The summed E-state index contributed by atoms with van der Waals surface area (Å²) in [5.41, 5.74) is 0. The summed E-state index contributed by atoms with van der Waals surface area (Å²) < 4.78 is 4.63. The Labute approximate surface area is 284 Å². The molecule has 0 spiro atoms. The van der Waals surface area contributed by atoms with Gasteiger partial charge in [0.15, 0.2) is 0 Å². The minimum Gasteiger partial charge on any atom is -1.00 e. The van der Waals surface area contributed by atoms with E-state index in [9.17, 15) is 0 Å². The zero-order chi connectivity index (χ0) is 21.1. The molecular formula is C30H88Br2Cl2N4. The van der Waals surface area contributed by atoms with Gasteiger partial charge in [-0.25, -0.2) is 0 Å². The highest BCUT2D eigenvalue weighted by Gasteiger charge is 2.21. The van der Waals surface area contributed by atoms with Crippen molar-refractivity contribution in [1.82, 2.24) is 0 Å². The molecule has 0 rings (SSSR count). The Morgan fingerprint density at radius 2 is 0.605 bits per heavy atom. The quantitative estimate of drug-likeness (QED) is 0.181. The van der Waals surface area contributed by atoms with Gasteiger partial charge in [0.05, 0.1) is 109 Å². The lowest BCUT2D eigenvalue weighted by Gasteiger charge is -2.36. The third-order valence-corrected chi connectivity index (χ3v) is 5.92. The van der Waals surface area contributed by atoms with Crippen LogP contribution in [0.5, 0.6) is 0 Å². The third kappa shape index (κ3) is 57.3. The van der Waals surface area contributed by atoms with Gasteiger partial charge < -0.3 is 76.7 Å². The lowest BCUT2D eigenvalue weighted by Crippen LogP contribution is -3.00. The zero-order valence-corrected chi connectivity index (χ0v) is 27.1. The molecule has 0 heterocycles. The molecule has 8 heteroatoms. The predicted octanol–water partition coefficient (Wildman–Crippen LogP) is -3.76. The Morgan fingerprint density at radius 1 is 0.368 bits per heavy atom. The summed E-state index contributed by atoms with van der Waals surface area (Å²) in [5.74, 6) is 0. The summed E-state index contributed by atoms with van der Waals surface area (Å²) in [7, 11) is 18.2. The van der Waals surface area contributed by atoms with E-state index in [0.29, 0.717) is 0 Å². The molecule has 0 aliphatic heterocycles. The SMILES string of the molecule is C.C.C.C.C.C.C.C.CC[N+](C)(C)CCC[N+](C)(C)C.CC[N+](CC)(CC)CCC[N+](C)(C)C.[Br-].[Br-].[Cl-].[Cl-]. The van der Waals surface area contributed by atoms with Crippen molar-refractivity contribution in [3.63, 3.8) is 0 Å². The molecule has 0 atom stereocenters. The average Bonchev–Trinajstić information content (AvgIpc) is 2.50. The summed E-state index contributed by atoms with van der Waals surface area (Å²) in [5, 5.41) is 0. The van der Waals surface area contributed by atoms with Gasteiger partial charge in [-0.2, -0.15) is 0 Å². The van der Waals surface area contributed by atoms with Crippen molar-refractivity contribution in [2.75, 3.05) is 109 Å². The molecule has 256 valence electrons. The molecule has 0 aromatic rings. The highest BCUT2D eigenvalue weighted by Crippen LogP contribution is 2.08. The van der Waals surface area contributed by atoms with Gasteiger partial charge in [0.1, 0.15) is 0 Å². The molecule has 0 saturated carbocycles. The van der Waals surface area contributed by atoms with Crippen LogP contribution in [-0.4, -0.2) is 127 Å². The molecule has 0 aliphatic carbocycles. The maximum atomic E-state index is 2.32. The Hall–Kier alpha value is 1.38. The van der Waals surface area contributed by atoms with Gasteiger partial charge in [-0.05, 0) is 27.7 Å². The Bertz CT molecular complexity index is 349. The minimum absolute atomic E-state index is 0. The second-order valence-electron chi connectivity index (χ2n) is 10.7. The number of hydrogen-bond donors (Lipinski definition) is 0. The third-order valence-electron chi connectivity index (χ3n) is 5.92. The Kier molecular flexibility index (Phi) is 102. The first-order valence-corrected chi connectivity index (χ1v) is 10.9. The summed E-state index contributed by atoms with van der Waals surface area (Å²) in [6.07, 6.45) is 2.67. The van der Waals surface area contributed by atoms with Crippen molar-refractivity contribution >= 4 is 0 Å². The lowest BCUT2D eigenvalue weighted by atomic mass is 10.2. The van der Waals surface area contributed by atoms with Crippen LogP contribution in [0.25, 0.3) is 0 Å². The van der Waals surface area contributed by atoms with E-state index >= 15 is 0 Å². The van der Waals surface area contributed by atoms with Crippen molar-refractivity contribution in [3.05, 3.63) is 0 Å². The molecule has 0 aromatic heterocycles. The fraction of sp³-hybridized carbons (Fsp3) is 1.00. The fourth-order valence-electron chi connectivity index (χ4n) is 3.16. The van der Waals surface area contributed by atoms with Gasteiger partial charge in [-0.3, -0.25) is 0 Å². The van der Waals surface area contributed by atoms with E-state index < -0.39 is 0 Å². The molecule has 0 bridgehead atoms. The number of rotatable bonds is 12. The molecule has 4 nitrogen and oxygen atoms in total. The van der Waals surface area contributed by atoms with Crippen LogP contribution in [0.4, 0.5) is 0 Å². The van der Waals surface area contributed by atoms with Gasteiger partial charge in [0.2, 0.25) is 0 Å². The first-order chi connectivity index (χ1) is 11.7. The van der Waals surface area contributed by atoms with Crippen molar-refractivity contribution in [2.24, 2.45) is 0 Å². The fourth-order valence-corrected chi connectivity index (χ4v) is 3.16. The van der Waals surface area contributed by atoms with E-state index in [2.05, 4.69) is 84.1 Å². The van der Waals surface area contributed by atoms with Crippen LogP contribution in [-0.2, 0) is 0 Å². The van der Waals surface area contributed by atoms with Gasteiger partial charge >= 0.3 is 0 Å². The molecule has 0 saturated heterocycles. The summed E-state index contributed by atoms with van der Waals surface area (Å²) in [4.78, 5) is 0. The molecule has 0 aliphatic rings. The monoisotopic (exact) mass is 732 g/mol. The van der Waals surface area contributed by atoms with E-state index in [1.165, 1.54) is 69.7 Å². The van der Waals surface area contributed by atoms with Gasteiger partial charge in [-0.15, -0.1) is 0 Å². The highest BCUT2D eigenvalue weighted by molar-refractivity contribution is 4.40. The van der Waals surface area contributed by atoms with Gasteiger partial charge in [-0.1, -0.05) is 59.4 Å². The van der Waals surface area contributed by atoms with E-state index in [1.807, 2.05) is 0 Å². The average molecular weight is 736 g/mol. The maximum absolute atomic E-state index is 2.32. The van der Waals surface area contributed by atoms with Gasteiger partial charge in [0, 0.05) is 12.8 Å². The van der Waals surface area contributed by atoms with Crippen LogP contribution >= 0.6 is 0 Å². The molecular weight excluding hydrogens is 647 g/mol. The molecule has 0 N–H and O–H groups in total. The first kappa shape index (κ1) is 90.1. The van der Waals surface area contributed by atoms with Crippen molar-refractivity contribution in [1.29, 1.82) is 0 Å². The Morgan fingerprint density at radius 3 is 0.789 bits per heavy atom. The van der Waals surface area contributed by atoms with Crippen LogP contribution in [0, 0.1) is 0 Å². The highest BCUT2D eigenvalue weighted by atomic mass is 79.9. The van der Waals surface area contributed by atoms with Crippen molar-refractivity contribution in [3.8, 4) is 0 Å². The molecule has 38 heavy (non-hydrogen) atoms. The normalized spacial score (nSPS) is 9.16. The predicted molar refractivity (Wildman–Crippen MR) is 173 cm³/mol. The van der Waals surface area contributed by atoms with E-state index in [4.69, 9.17) is 0 Å². The van der Waals surface area contributed by atoms with Gasteiger partial charge in [0.25, 0.3) is 0 Å². The first-order valence-electron chi connectivity index (χ1n) is 10.9. The molecule has 0 fully saturated rings. The van der Waals surface area contributed by atoms with Crippen LogP contribution in [0.15, 0.2) is 0 Å². The number of hydrogen-bond acceptors (Lipinski definition) is 0. The Balaban J connectivity index is -0.0000000193. The topological polar surface area (TPSA) is 0 Å². The molecule has 0 unspecified atom stereocenters. The summed E-state index contributed by atoms with van der Waals surface area (Å²) in [6, 6.07) is 0. The summed E-state index contributed by atoms with van der Waals surface area (Å²) >= 11 is 0. The second kappa shape index (κ2) is 42.8. The minimum atomic E-state index is 0. The van der Waals surface area contributed by atoms with Crippen LogP contribution in [0.3, 0.4) is 0 Å². The van der Waals surface area contributed by atoms with Crippen LogP contribution in [0.2, 0.25) is 0 Å². The standard InChI is InChI=1S/C12H30N2.C10H26N2.8CH4.2BrH.2ClH/c1-7-14(8-2,9-3)12-10-11-13(4,5)6;1-7-12(5,6)10-8-9-11(2,3)4;;;;;;;;;;;;/h7-12H2,1-6H3;7-10H2,1-6H3;8*1H4;4*1H/q2*+2;;;;;;;;;;;;/p-4. The van der Waals surface area contributed by atoms with Crippen LogP contribution < -0.4 is 58.8 Å². The molecule has 0 aromatic carbocycles.